The first-order valence-corrected chi connectivity index (χ1v) is 6.03. The van der Waals surface area contributed by atoms with Gasteiger partial charge in [-0.05, 0) is 61.6 Å². The van der Waals surface area contributed by atoms with Gasteiger partial charge in [0.2, 0.25) is 5.82 Å². The third-order valence-corrected chi connectivity index (χ3v) is 3.38. The van der Waals surface area contributed by atoms with Crippen LogP contribution in [0.15, 0.2) is 12.1 Å². The van der Waals surface area contributed by atoms with E-state index in [1.165, 1.54) is 29.5 Å². The molecule has 0 amide bonds. The van der Waals surface area contributed by atoms with Crippen molar-refractivity contribution in [2.75, 3.05) is 0 Å². The third kappa shape index (κ3) is 1.84. The first-order valence-electron chi connectivity index (χ1n) is 6.03. The molecule has 2 aromatic rings. The van der Waals surface area contributed by atoms with E-state index in [0.29, 0.717) is 6.04 Å². The molecule has 0 aliphatic heterocycles. The highest BCUT2D eigenvalue weighted by atomic mass is 15.6. The smallest absolute Gasteiger partial charge is 0.161 e. The van der Waals surface area contributed by atoms with E-state index in [1.807, 2.05) is 0 Å². The van der Waals surface area contributed by atoms with Crippen LogP contribution in [0.2, 0.25) is 0 Å². The van der Waals surface area contributed by atoms with E-state index in [1.54, 1.807) is 4.80 Å². The van der Waals surface area contributed by atoms with Crippen molar-refractivity contribution in [3.8, 4) is 11.4 Å². The fourth-order valence-corrected chi connectivity index (χ4v) is 1.99. The van der Waals surface area contributed by atoms with Crippen molar-refractivity contribution in [3.63, 3.8) is 0 Å². The van der Waals surface area contributed by atoms with Gasteiger partial charge in [0.1, 0.15) is 0 Å². The van der Waals surface area contributed by atoms with E-state index in [-0.39, 0.29) is 0 Å². The van der Waals surface area contributed by atoms with Crippen LogP contribution in [0.4, 0.5) is 0 Å². The molecule has 3 rings (SSSR count). The number of nitrogens with zero attached hydrogens (tertiary/aromatic N) is 4. The highest BCUT2D eigenvalue weighted by Gasteiger charge is 2.26. The standard InChI is InChI=1S/C13H16N4/c1-8-6-10(3)12(7-9(8)2)13-14-16-17(15-13)11-4-5-11/h6-7,11H,4-5H2,1-3H3. The summed E-state index contributed by atoms with van der Waals surface area (Å²) in [5.74, 6) is 0.748. The molecule has 1 aromatic heterocycles. The lowest BCUT2D eigenvalue weighted by molar-refractivity contribution is 0.537. The highest BCUT2D eigenvalue weighted by Crippen LogP contribution is 2.33. The molecule has 1 aliphatic carbocycles. The Morgan fingerprint density at radius 1 is 1.06 bits per heavy atom. The summed E-state index contributed by atoms with van der Waals surface area (Å²) >= 11 is 0. The van der Waals surface area contributed by atoms with Crippen LogP contribution in [0.25, 0.3) is 11.4 Å². The number of hydrogen-bond acceptors (Lipinski definition) is 3. The predicted molar refractivity (Wildman–Crippen MR) is 65.7 cm³/mol. The Morgan fingerprint density at radius 3 is 2.47 bits per heavy atom. The minimum Gasteiger partial charge on any atom is -0.161 e. The van der Waals surface area contributed by atoms with Gasteiger partial charge in [0.05, 0.1) is 6.04 Å². The second-order valence-electron chi connectivity index (χ2n) is 4.92. The molecule has 1 fully saturated rings. The average molecular weight is 228 g/mol. The van der Waals surface area contributed by atoms with Crippen molar-refractivity contribution < 1.29 is 0 Å². The van der Waals surface area contributed by atoms with E-state index in [2.05, 4.69) is 48.3 Å². The third-order valence-electron chi connectivity index (χ3n) is 3.38. The number of benzene rings is 1. The average Bonchev–Trinajstić information content (AvgIpc) is 3.03. The van der Waals surface area contributed by atoms with Crippen molar-refractivity contribution >= 4 is 0 Å². The SMILES string of the molecule is Cc1cc(C)c(-c2nnn(C3CC3)n2)cc1C. The molecular weight excluding hydrogens is 212 g/mol. The van der Waals surface area contributed by atoms with Gasteiger partial charge >= 0.3 is 0 Å². The lowest BCUT2D eigenvalue weighted by atomic mass is 10.0. The number of aryl methyl sites for hydroxylation is 3. The van der Waals surface area contributed by atoms with Gasteiger partial charge in [-0.3, -0.25) is 0 Å². The lowest BCUT2D eigenvalue weighted by Crippen LogP contribution is -1.98. The molecule has 4 heteroatoms. The fourth-order valence-electron chi connectivity index (χ4n) is 1.99. The van der Waals surface area contributed by atoms with Gasteiger partial charge in [0.25, 0.3) is 0 Å². The zero-order valence-corrected chi connectivity index (χ0v) is 10.4. The van der Waals surface area contributed by atoms with Crippen molar-refractivity contribution in [3.05, 3.63) is 28.8 Å². The molecule has 0 saturated heterocycles. The van der Waals surface area contributed by atoms with E-state index in [0.717, 1.165) is 11.4 Å². The van der Waals surface area contributed by atoms with Crippen LogP contribution in [0, 0.1) is 20.8 Å². The monoisotopic (exact) mass is 228 g/mol. The van der Waals surface area contributed by atoms with Crippen LogP contribution in [-0.4, -0.2) is 20.2 Å². The van der Waals surface area contributed by atoms with Crippen molar-refractivity contribution in [2.24, 2.45) is 0 Å². The molecule has 0 bridgehead atoms. The van der Waals surface area contributed by atoms with E-state index >= 15 is 0 Å². The Hall–Kier alpha value is -1.71. The summed E-state index contributed by atoms with van der Waals surface area (Å²) in [5, 5.41) is 12.8. The normalized spacial score (nSPS) is 15.2. The molecule has 1 saturated carbocycles. The molecular formula is C13H16N4. The van der Waals surface area contributed by atoms with Gasteiger partial charge in [0, 0.05) is 5.56 Å². The van der Waals surface area contributed by atoms with Gasteiger partial charge in [-0.25, -0.2) is 0 Å². The van der Waals surface area contributed by atoms with Crippen molar-refractivity contribution in [1.29, 1.82) is 0 Å². The Bertz CT molecular complexity index is 567. The van der Waals surface area contributed by atoms with Crippen LogP contribution in [0.1, 0.15) is 35.6 Å². The molecule has 4 nitrogen and oxygen atoms in total. The second-order valence-corrected chi connectivity index (χ2v) is 4.92. The molecule has 1 aliphatic rings. The minimum atomic E-state index is 0.489. The molecule has 17 heavy (non-hydrogen) atoms. The lowest BCUT2D eigenvalue weighted by Gasteiger charge is -2.06. The number of tetrazole rings is 1. The Balaban J connectivity index is 2.04. The predicted octanol–water partition coefficient (Wildman–Crippen LogP) is 2.60. The molecule has 0 N–H and O–H groups in total. The zero-order valence-electron chi connectivity index (χ0n) is 10.4. The van der Waals surface area contributed by atoms with Gasteiger partial charge in [0.15, 0.2) is 0 Å². The Labute approximate surface area is 101 Å². The highest BCUT2D eigenvalue weighted by molar-refractivity contribution is 5.61. The molecule has 88 valence electrons. The molecule has 1 heterocycles. The van der Waals surface area contributed by atoms with Gasteiger partial charge in [-0.1, -0.05) is 6.07 Å². The Morgan fingerprint density at radius 2 is 1.76 bits per heavy atom. The molecule has 0 unspecified atom stereocenters. The van der Waals surface area contributed by atoms with Crippen molar-refractivity contribution in [2.45, 2.75) is 39.7 Å². The van der Waals surface area contributed by atoms with Crippen LogP contribution < -0.4 is 0 Å². The summed E-state index contributed by atoms with van der Waals surface area (Å²) in [6.07, 6.45) is 2.36. The van der Waals surface area contributed by atoms with E-state index in [4.69, 9.17) is 0 Å². The van der Waals surface area contributed by atoms with E-state index in [9.17, 15) is 0 Å². The first kappa shape index (κ1) is 10.4. The van der Waals surface area contributed by atoms with Crippen LogP contribution in [0.5, 0.6) is 0 Å². The van der Waals surface area contributed by atoms with Gasteiger partial charge in [-0.2, -0.15) is 4.80 Å². The van der Waals surface area contributed by atoms with Crippen LogP contribution in [-0.2, 0) is 0 Å². The molecule has 0 atom stereocenters. The second kappa shape index (κ2) is 3.65. The summed E-state index contributed by atoms with van der Waals surface area (Å²) < 4.78 is 0. The number of rotatable bonds is 2. The molecule has 0 spiro atoms. The quantitative estimate of drug-likeness (QED) is 0.793. The number of hydrogen-bond donors (Lipinski definition) is 0. The molecule has 1 aromatic carbocycles. The van der Waals surface area contributed by atoms with Gasteiger partial charge in [-0.15, -0.1) is 10.2 Å². The summed E-state index contributed by atoms with van der Waals surface area (Å²) in [7, 11) is 0. The summed E-state index contributed by atoms with van der Waals surface area (Å²) in [6, 6.07) is 4.82. The summed E-state index contributed by atoms with van der Waals surface area (Å²) in [6.45, 7) is 6.34. The molecule has 0 radical (unpaired) electrons. The van der Waals surface area contributed by atoms with Crippen LogP contribution >= 0.6 is 0 Å². The van der Waals surface area contributed by atoms with Crippen molar-refractivity contribution in [1.82, 2.24) is 20.2 Å². The zero-order chi connectivity index (χ0) is 12.0. The van der Waals surface area contributed by atoms with Crippen LogP contribution in [0.3, 0.4) is 0 Å². The largest absolute Gasteiger partial charge is 0.205 e. The van der Waals surface area contributed by atoms with E-state index < -0.39 is 0 Å². The maximum atomic E-state index is 4.47. The maximum absolute atomic E-state index is 4.47. The summed E-state index contributed by atoms with van der Waals surface area (Å²) in [5.41, 5.74) is 4.89. The Kier molecular flexibility index (Phi) is 2.24. The number of aromatic nitrogens is 4. The first-order chi connectivity index (χ1) is 8.15. The topological polar surface area (TPSA) is 43.6 Å². The maximum Gasteiger partial charge on any atom is 0.205 e. The van der Waals surface area contributed by atoms with Gasteiger partial charge < -0.3 is 0 Å². The summed E-state index contributed by atoms with van der Waals surface area (Å²) in [4.78, 5) is 1.75. The minimum absolute atomic E-state index is 0.489. The fraction of sp³-hybridized carbons (Fsp3) is 0.462.